The van der Waals surface area contributed by atoms with E-state index >= 15 is 0 Å². The van der Waals surface area contributed by atoms with Crippen LogP contribution in [-0.2, 0) is 16.4 Å². The largest absolute Gasteiger partial charge is 0.245 e. The van der Waals surface area contributed by atoms with Crippen LogP contribution in [0.15, 0.2) is 41.8 Å². The predicted octanol–water partition coefficient (Wildman–Crippen LogP) is 1.96. The molecule has 0 saturated carbocycles. The smallest absolute Gasteiger partial charge is 0.240 e. The van der Waals surface area contributed by atoms with Gasteiger partial charge in [-0.15, -0.1) is 0 Å². The zero-order valence-electron chi connectivity index (χ0n) is 10.9. The van der Waals surface area contributed by atoms with Crippen LogP contribution in [0.1, 0.15) is 11.1 Å². The molecule has 2 rings (SSSR count). The van der Waals surface area contributed by atoms with Gasteiger partial charge in [0.2, 0.25) is 10.0 Å². The summed E-state index contributed by atoms with van der Waals surface area (Å²) in [4.78, 5) is 7.96. The Balaban J connectivity index is 2.06. The van der Waals surface area contributed by atoms with E-state index in [0.29, 0.717) is 17.0 Å². The summed E-state index contributed by atoms with van der Waals surface area (Å²) in [7, 11) is -3.56. The van der Waals surface area contributed by atoms with E-state index in [9.17, 15) is 8.42 Å². The Morgan fingerprint density at radius 1 is 1.25 bits per heavy atom. The van der Waals surface area contributed by atoms with Crippen LogP contribution >= 0.6 is 11.6 Å². The number of rotatable bonds is 5. The molecule has 0 spiro atoms. The molecule has 2 aromatic rings. The van der Waals surface area contributed by atoms with Crippen molar-refractivity contribution < 1.29 is 8.42 Å². The highest BCUT2D eigenvalue weighted by Crippen LogP contribution is 2.22. The molecule has 1 N–H and O–H groups in total. The van der Waals surface area contributed by atoms with Crippen molar-refractivity contribution in [3.8, 4) is 0 Å². The Morgan fingerprint density at radius 3 is 2.65 bits per heavy atom. The average Bonchev–Trinajstić information content (AvgIpc) is 2.42. The van der Waals surface area contributed by atoms with Crippen LogP contribution in [-0.4, -0.2) is 24.9 Å². The first kappa shape index (κ1) is 14.9. The monoisotopic (exact) mass is 311 g/mol. The van der Waals surface area contributed by atoms with Crippen LogP contribution in [0.4, 0.5) is 0 Å². The van der Waals surface area contributed by atoms with Gasteiger partial charge in [0.1, 0.15) is 6.33 Å². The van der Waals surface area contributed by atoms with Gasteiger partial charge in [0, 0.05) is 24.0 Å². The molecule has 20 heavy (non-hydrogen) atoms. The van der Waals surface area contributed by atoms with Crippen molar-refractivity contribution in [1.29, 1.82) is 0 Å². The maximum absolute atomic E-state index is 12.2. The van der Waals surface area contributed by atoms with Crippen LogP contribution in [0.2, 0.25) is 5.02 Å². The zero-order valence-corrected chi connectivity index (χ0v) is 12.4. The standard InChI is InChI=1S/C13H14ClN3O2S/c1-10-12(14)3-2-4-13(10)20(18,19)17-6-5-11-7-15-9-16-8-11/h2-4,7-9,17H,5-6H2,1H3. The van der Waals surface area contributed by atoms with Crippen molar-refractivity contribution in [2.45, 2.75) is 18.2 Å². The van der Waals surface area contributed by atoms with E-state index in [0.717, 1.165) is 5.56 Å². The highest BCUT2D eigenvalue weighted by molar-refractivity contribution is 7.89. The lowest BCUT2D eigenvalue weighted by Gasteiger charge is -2.10. The first-order chi connectivity index (χ1) is 9.50. The number of hydrogen-bond acceptors (Lipinski definition) is 4. The van der Waals surface area contributed by atoms with Gasteiger partial charge in [0.15, 0.2) is 0 Å². The summed E-state index contributed by atoms with van der Waals surface area (Å²) in [5.74, 6) is 0. The number of nitrogens with one attached hydrogen (secondary N) is 1. The summed E-state index contributed by atoms with van der Waals surface area (Å²) in [6.45, 7) is 1.96. The molecule has 0 aliphatic rings. The van der Waals surface area contributed by atoms with E-state index in [1.165, 1.54) is 12.4 Å². The first-order valence-electron chi connectivity index (χ1n) is 5.99. The molecule has 0 atom stereocenters. The Kier molecular flexibility index (Phi) is 4.69. The molecule has 0 aliphatic heterocycles. The molecule has 1 aromatic carbocycles. The highest BCUT2D eigenvalue weighted by atomic mass is 35.5. The molecular weight excluding hydrogens is 298 g/mol. The van der Waals surface area contributed by atoms with Crippen LogP contribution in [0, 0.1) is 6.92 Å². The van der Waals surface area contributed by atoms with Crippen molar-refractivity contribution in [2.75, 3.05) is 6.54 Å². The van der Waals surface area contributed by atoms with Crippen LogP contribution in [0.5, 0.6) is 0 Å². The van der Waals surface area contributed by atoms with E-state index in [4.69, 9.17) is 11.6 Å². The molecule has 0 unspecified atom stereocenters. The van der Waals surface area contributed by atoms with Crippen molar-refractivity contribution in [3.05, 3.63) is 53.1 Å². The third-order valence-corrected chi connectivity index (χ3v) is 4.84. The van der Waals surface area contributed by atoms with Gasteiger partial charge in [0.25, 0.3) is 0 Å². The molecular formula is C13H14ClN3O2S. The fraction of sp³-hybridized carbons (Fsp3) is 0.231. The minimum absolute atomic E-state index is 0.203. The summed E-state index contributed by atoms with van der Waals surface area (Å²) in [6, 6.07) is 4.82. The molecule has 1 heterocycles. The van der Waals surface area contributed by atoms with Crippen LogP contribution in [0.3, 0.4) is 0 Å². The van der Waals surface area contributed by atoms with Gasteiger partial charge < -0.3 is 0 Å². The number of sulfonamides is 1. The molecule has 0 fully saturated rings. The van der Waals surface area contributed by atoms with E-state index in [2.05, 4.69) is 14.7 Å². The van der Waals surface area contributed by atoms with Crippen LogP contribution < -0.4 is 4.72 Å². The molecule has 7 heteroatoms. The number of aromatic nitrogens is 2. The van der Waals surface area contributed by atoms with Crippen molar-refractivity contribution in [2.24, 2.45) is 0 Å². The van der Waals surface area contributed by atoms with E-state index in [-0.39, 0.29) is 11.4 Å². The Bertz CT molecular complexity index is 690. The van der Waals surface area contributed by atoms with Crippen LogP contribution in [0.25, 0.3) is 0 Å². The Labute approximate surface area is 123 Å². The lowest BCUT2D eigenvalue weighted by Crippen LogP contribution is -2.26. The minimum atomic E-state index is -3.56. The third-order valence-electron chi connectivity index (χ3n) is 2.83. The second-order valence-corrected chi connectivity index (χ2v) is 6.40. The Hall–Kier alpha value is -1.50. The van der Waals surface area contributed by atoms with Gasteiger partial charge in [-0.05, 0) is 36.6 Å². The number of nitrogens with zero attached hydrogens (tertiary/aromatic N) is 2. The maximum Gasteiger partial charge on any atom is 0.240 e. The van der Waals surface area contributed by atoms with Gasteiger partial charge in [-0.2, -0.15) is 0 Å². The summed E-state index contributed by atoms with van der Waals surface area (Å²) in [5.41, 5.74) is 1.42. The van der Waals surface area contributed by atoms with Gasteiger partial charge >= 0.3 is 0 Å². The molecule has 0 radical (unpaired) electrons. The summed E-state index contributed by atoms with van der Waals surface area (Å²) < 4.78 is 26.9. The number of hydrogen-bond donors (Lipinski definition) is 1. The van der Waals surface area contributed by atoms with E-state index < -0.39 is 10.0 Å². The fourth-order valence-electron chi connectivity index (χ4n) is 1.75. The fourth-order valence-corrected chi connectivity index (χ4v) is 3.27. The molecule has 0 amide bonds. The van der Waals surface area contributed by atoms with Crippen molar-refractivity contribution in [3.63, 3.8) is 0 Å². The molecule has 5 nitrogen and oxygen atoms in total. The van der Waals surface area contributed by atoms with Gasteiger partial charge in [-0.1, -0.05) is 17.7 Å². The normalized spacial score (nSPS) is 11.5. The Morgan fingerprint density at radius 2 is 1.95 bits per heavy atom. The lowest BCUT2D eigenvalue weighted by molar-refractivity contribution is 0.581. The second-order valence-electron chi connectivity index (χ2n) is 4.26. The SMILES string of the molecule is Cc1c(Cl)cccc1S(=O)(=O)NCCc1cncnc1. The quantitative estimate of drug-likeness (QED) is 0.916. The first-order valence-corrected chi connectivity index (χ1v) is 7.85. The summed E-state index contributed by atoms with van der Waals surface area (Å²) in [5, 5.41) is 0.435. The van der Waals surface area contributed by atoms with Gasteiger partial charge in [0.05, 0.1) is 4.90 Å². The van der Waals surface area contributed by atoms with Crippen molar-refractivity contribution in [1.82, 2.24) is 14.7 Å². The van der Waals surface area contributed by atoms with Crippen molar-refractivity contribution >= 4 is 21.6 Å². The average molecular weight is 312 g/mol. The van der Waals surface area contributed by atoms with Gasteiger partial charge in [-0.3, -0.25) is 0 Å². The topological polar surface area (TPSA) is 72.0 Å². The number of halogens is 1. The second kappa shape index (κ2) is 6.30. The van der Waals surface area contributed by atoms with E-state index in [1.807, 2.05) is 0 Å². The molecule has 0 aliphatic carbocycles. The van der Waals surface area contributed by atoms with Gasteiger partial charge in [-0.25, -0.2) is 23.1 Å². The lowest BCUT2D eigenvalue weighted by atomic mass is 10.2. The molecule has 1 aromatic heterocycles. The summed E-state index contributed by atoms with van der Waals surface area (Å²) in [6.07, 6.45) is 5.28. The molecule has 0 saturated heterocycles. The van der Waals surface area contributed by atoms with E-state index in [1.54, 1.807) is 31.5 Å². The maximum atomic E-state index is 12.2. The minimum Gasteiger partial charge on any atom is -0.245 e. The summed E-state index contributed by atoms with van der Waals surface area (Å²) >= 11 is 5.94. The number of benzene rings is 1. The zero-order chi connectivity index (χ0) is 14.6. The third kappa shape index (κ3) is 3.53. The molecule has 106 valence electrons. The predicted molar refractivity (Wildman–Crippen MR) is 77.1 cm³/mol. The highest BCUT2D eigenvalue weighted by Gasteiger charge is 2.17. The molecule has 0 bridgehead atoms.